The summed E-state index contributed by atoms with van der Waals surface area (Å²) in [6.45, 7) is 2.23. The van der Waals surface area contributed by atoms with Crippen molar-refractivity contribution in [1.82, 2.24) is 9.80 Å². The van der Waals surface area contributed by atoms with Gasteiger partial charge < -0.3 is 9.80 Å². The number of hydrogen-bond donors (Lipinski definition) is 0. The molecule has 0 atom stereocenters. The van der Waals surface area contributed by atoms with E-state index in [0.29, 0.717) is 37.6 Å². The van der Waals surface area contributed by atoms with Crippen LogP contribution in [0.15, 0.2) is 24.3 Å². The van der Waals surface area contributed by atoms with E-state index in [1.54, 1.807) is 34.1 Å². The summed E-state index contributed by atoms with van der Waals surface area (Å²) in [4.78, 5) is 29.8. The Hall–Kier alpha value is -2.29. The minimum atomic E-state index is -4.02. The van der Waals surface area contributed by atoms with Crippen LogP contribution in [0.5, 0.6) is 0 Å². The van der Waals surface area contributed by atoms with Crippen molar-refractivity contribution >= 4 is 33.4 Å². The highest BCUT2D eigenvalue weighted by atomic mass is 32.2. The van der Waals surface area contributed by atoms with Gasteiger partial charge in [-0.15, -0.1) is 0 Å². The molecule has 0 aliphatic carbocycles. The Kier molecular flexibility index (Phi) is 7.78. The first-order valence-electron chi connectivity index (χ1n) is 12.4. The maximum atomic E-state index is 13.5. The molecule has 0 saturated carbocycles. The molecule has 0 spiro atoms. The number of nitrogens with zero attached hydrogens (tertiary/aromatic N) is 4. The highest BCUT2D eigenvalue weighted by Gasteiger charge is 2.43. The van der Waals surface area contributed by atoms with Crippen LogP contribution in [0, 0.1) is 0 Å². The van der Waals surface area contributed by atoms with Gasteiger partial charge in [-0.05, 0) is 37.8 Å². The molecule has 2 amide bonds. The molecule has 2 fully saturated rings. The number of rotatable bonds is 4. The van der Waals surface area contributed by atoms with Crippen molar-refractivity contribution in [1.29, 1.82) is 0 Å². The lowest BCUT2D eigenvalue weighted by atomic mass is 10.1. The Morgan fingerprint density at radius 2 is 0.939 bits per heavy atom. The molecule has 0 unspecified atom stereocenters. The van der Waals surface area contributed by atoms with Crippen molar-refractivity contribution in [2.24, 2.45) is 0 Å². The summed E-state index contributed by atoms with van der Waals surface area (Å²) in [6.07, 6.45) is 10.6. The second-order valence-corrected chi connectivity index (χ2v) is 11.1. The standard InChI is InChI=1S/C24H36N4O4S/c29-23(25-15-9-3-1-4-10-16-25)19-27-21-13-7-8-14-22(21)28(33(27,31)32)20-24(30)26-17-11-5-2-6-12-18-26/h7-8,13-14H,1-6,9-12,15-20H2. The van der Waals surface area contributed by atoms with E-state index in [0.717, 1.165) is 51.4 Å². The molecule has 9 heteroatoms. The van der Waals surface area contributed by atoms with Crippen LogP contribution < -0.4 is 8.61 Å². The van der Waals surface area contributed by atoms with Crippen molar-refractivity contribution in [3.63, 3.8) is 0 Å². The molecular weight excluding hydrogens is 440 g/mol. The average Bonchev–Trinajstić information content (AvgIpc) is 2.94. The number of carbonyl (C=O) groups excluding carboxylic acids is 2. The molecule has 1 aromatic carbocycles. The van der Waals surface area contributed by atoms with Gasteiger partial charge in [0, 0.05) is 26.2 Å². The number of carbonyl (C=O) groups is 2. The Morgan fingerprint density at radius 3 is 1.30 bits per heavy atom. The van der Waals surface area contributed by atoms with Crippen LogP contribution in [0.25, 0.3) is 0 Å². The molecule has 0 radical (unpaired) electrons. The number of para-hydroxylation sites is 2. The lowest BCUT2D eigenvalue weighted by Crippen LogP contribution is -2.48. The Balaban J connectivity index is 1.51. The Labute approximate surface area is 197 Å². The van der Waals surface area contributed by atoms with Crippen LogP contribution in [0.4, 0.5) is 11.4 Å². The average molecular weight is 477 g/mol. The number of amides is 2. The normalized spacial score (nSPS) is 21.6. The minimum absolute atomic E-state index is 0.174. The SMILES string of the molecule is O=C(CN1c2ccccc2N(CC(=O)N2CCCCCCC2)S1(=O)=O)N1CCCCCCC1. The first-order valence-corrected chi connectivity index (χ1v) is 13.8. The molecular formula is C24H36N4O4S. The van der Waals surface area contributed by atoms with Gasteiger partial charge in [0.05, 0.1) is 11.4 Å². The molecule has 33 heavy (non-hydrogen) atoms. The summed E-state index contributed by atoms with van der Waals surface area (Å²) in [6, 6.07) is 6.97. The lowest BCUT2D eigenvalue weighted by molar-refractivity contribution is -0.130. The fourth-order valence-corrected chi connectivity index (χ4v) is 6.62. The summed E-state index contributed by atoms with van der Waals surface area (Å²) in [5, 5.41) is 0. The molecule has 3 aliphatic heterocycles. The maximum absolute atomic E-state index is 13.5. The fraction of sp³-hybridized carbons (Fsp3) is 0.667. The zero-order valence-electron chi connectivity index (χ0n) is 19.5. The van der Waals surface area contributed by atoms with Crippen molar-refractivity contribution in [2.75, 3.05) is 47.9 Å². The van der Waals surface area contributed by atoms with Gasteiger partial charge in [0.25, 0.3) is 0 Å². The topological polar surface area (TPSA) is 81.2 Å². The number of hydrogen-bond acceptors (Lipinski definition) is 4. The summed E-state index contributed by atoms with van der Waals surface area (Å²) >= 11 is 0. The van der Waals surface area contributed by atoms with Crippen LogP contribution >= 0.6 is 0 Å². The predicted molar refractivity (Wildman–Crippen MR) is 129 cm³/mol. The monoisotopic (exact) mass is 476 g/mol. The van der Waals surface area contributed by atoms with E-state index in [1.807, 2.05) is 0 Å². The molecule has 3 aliphatic rings. The van der Waals surface area contributed by atoms with Crippen molar-refractivity contribution in [2.45, 2.75) is 64.2 Å². The van der Waals surface area contributed by atoms with Crippen molar-refractivity contribution < 1.29 is 18.0 Å². The number of benzene rings is 1. The molecule has 0 aromatic heterocycles. The number of likely N-dealkylation sites (tertiary alicyclic amines) is 2. The first-order chi connectivity index (χ1) is 16.0. The quantitative estimate of drug-likeness (QED) is 0.669. The van der Waals surface area contributed by atoms with Crippen LogP contribution in [-0.2, 0) is 19.8 Å². The number of fused-ring (bicyclic) bond motifs is 1. The third-order valence-electron chi connectivity index (χ3n) is 6.95. The maximum Gasteiger partial charge on any atom is 0.327 e. The fourth-order valence-electron chi connectivity index (χ4n) is 5.03. The van der Waals surface area contributed by atoms with Gasteiger partial charge in [0.1, 0.15) is 13.1 Å². The first kappa shape index (κ1) is 23.9. The zero-order valence-corrected chi connectivity index (χ0v) is 20.3. The van der Waals surface area contributed by atoms with Gasteiger partial charge in [0.15, 0.2) is 0 Å². The largest absolute Gasteiger partial charge is 0.341 e. The van der Waals surface area contributed by atoms with Crippen LogP contribution in [0.1, 0.15) is 64.2 Å². The number of anilines is 2. The second kappa shape index (κ2) is 10.8. The molecule has 3 heterocycles. The van der Waals surface area contributed by atoms with Gasteiger partial charge >= 0.3 is 10.2 Å². The van der Waals surface area contributed by atoms with Gasteiger partial charge in [-0.1, -0.05) is 50.7 Å². The van der Waals surface area contributed by atoms with Crippen LogP contribution in [-0.4, -0.2) is 69.3 Å². The molecule has 8 nitrogen and oxygen atoms in total. The Morgan fingerprint density at radius 1 is 0.606 bits per heavy atom. The van der Waals surface area contributed by atoms with Gasteiger partial charge in [0.2, 0.25) is 11.8 Å². The van der Waals surface area contributed by atoms with E-state index < -0.39 is 10.2 Å². The summed E-state index contributed by atoms with van der Waals surface area (Å²) in [5.41, 5.74) is 0.941. The predicted octanol–water partition coefficient (Wildman–Crippen LogP) is 3.14. The lowest BCUT2D eigenvalue weighted by Gasteiger charge is -2.29. The Bertz CT molecular complexity index is 867. The van der Waals surface area contributed by atoms with E-state index >= 15 is 0 Å². The van der Waals surface area contributed by atoms with Crippen LogP contribution in [0.2, 0.25) is 0 Å². The van der Waals surface area contributed by atoms with Gasteiger partial charge in [-0.2, -0.15) is 8.42 Å². The summed E-state index contributed by atoms with van der Waals surface area (Å²) in [7, 11) is -4.02. The van der Waals surface area contributed by atoms with Crippen LogP contribution in [0.3, 0.4) is 0 Å². The molecule has 1 aromatic rings. The highest BCUT2D eigenvalue weighted by Crippen LogP contribution is 2.40. The third-order valence-corrected chi connectivity index (χ3v) is 8.72. The molecule has 0 N–H and O–H groups in total. The van der Waals surface area contributed by atoms with E-state index in [4.69, 9.17) is 0 Å². The molecule has 4 rings (SSSR count). The second-order valence-electron chi connectivity index (χ2n) is 9.31. The van der Waals surface area contributed by atoms with Crippen molar-refractivity contribution in [3.05, 3.63) is 24.3 Å². The van der Waals surface area contributed by atoms with E-state index in [-0.39, 0.29) is 24.9 Å². The van der Waals surface area contributed by atoms with E-state index in [2.05, 4.69) is 0 Å². The van der Waals surface area contributed by atoms with Crippen molar-refractivity contribution in [3.8, 4) is 0 Å². The summed E-state index contributed by atoms with van der Waals surface area (Å²) < 4.78 is 29.5. The third kappa shape index (κ3) is 5.45. The van der Waals surface area contributed by atoms with Gasteiger partial charge in [-0.3, -0.25) is 9.59 Å². The van der Waals surface area contributed by atoms with E-state index in [1.165, 1.54) is 21.5 Å². The van der Waals surface area contributed by atoms with E-state index in [9.17, 15) is 18.0 Å². The molecule has 2 saturated heterocycles. The zero-order chi connectivity index (χ0) is 23.3. The minimum Gasteiger partial charge on any atom is -0.341 e. The summed E-state index contributed by atoms with van der Waals surface area (Å²) in [5.74, 6) is -0.348. The molecule has 0 bridgehead atoms. The highest BCUT2D eigenvalue weighted by molar-refractivity contribution is 7.94. The smallest absolute Gasteiger partial charge is 0.327 e. The molecule has 182 valence electrons. The van der Waals surface area contributed by atoms with Gasteiger partial charge in [-0.25, -0.2) is 8.61 Å².